The highest BCUT2D eigenvalue weighted by Crippen LogP contribution is 2.39. The smallest absolute Gasteiger partial charge is 0.444 e. The highest BCUT2D eigenvalue weighted by atomic mass is 16.7. The van der Waals surface area contributed by atoms with Gasteiger partial charge in [0.1, 0.15) is 11.1 Å². The number of carbonyl (C=O) groups is 3. The molecular weight excluding hydrogens is 473 g/mol. The fraction of sp³-hybridized carbons (Fsp3) is 0.889. The van der Waals surface area contributed by atoms with Crippen molar-refractivity contribution in [3.63, 3.8) is 0 Å². The Balaban J connectivity index is 2.20. The molecule has 0 saturated carbocycles. The van der Waals surface area contributed by atoms with E-state index < -0.39 is 22.8 Å². The molecule has 0 bridgehead atoms. The van der Waals surface area contributed by atoms with Crippen LogP contribution in [0.15, 0.2) is 0 Å². The molecule has 2 atom stereocenters. The van der Waals surface area contributed by atoms with E-state index >= 15 is 0 Å². The first-order valence-corrected chi connectivity index (χ1v) is 13.6. The molecule has 2 N–H and O–H groups in total. The molecule has 1 unspecified atom stereocenters. The van der Waals surface area contributed by atoms with Gasteiger partial charge in [0.25, 0.3) is 0 Å². The molecule has 2 saturated heterocycles. The van der Waals surface area contributed by atoms with Crippen LogP contribution in [0.2, 0.25) is 6.32 Å². The summed E-state index contributed by atoms with van der Waals surface area (Å²) in [5.74, 6) is -0.740. The van der Waals surface area contributed by atoms with E-state index in [1.54, 1.807) is 4.90 Å². The van der Waals surface area contributed by atoms with Crippen LogP contribution in [-0.4, -0.2) is 70.9 Å². The fourth-order valence-electron chi connectivity index (χ4n) is 4.94. The predicted octanol–water partition coefficient (Wildman–Crippen LogP) is 4.30. The number of unbranched alkanes of at least 4 members (excludes halogenated alkanes) is 1. The van der Waals surface area contributed by atoms with Gasteiger partial charge in [0, 0.05) is 31.5 Å². The van der Waals surface area contributed by atoms with E-state index in [0.29, 0.717) is 38.7 Å². The highest BCUT2D eigenvalue weighted by molar-refractivity contribution is 6.45. The number of rotatable bonds is 8. The summed E-state index contributed by atoms with van der Waals surface area (Å²) in [6.45, 7) is 21.6. The van der Waals surface area contributed by atoms with Crippen molar-refractivity contribution in [2.75, 3.05) is 13.1 Å². The Bertz CT molecular complexity index is 832. The molecule has 2 fully saturated rings. The summed E-state index contributed by atoms with van der Waals surface area (Å²) in [7, 11) is -0.308. The summed E-state index contributed by atoms with van der Waals surface area (Å²) >= 11 is 0. The monoisotopic (exact) mass is 523 g/mol. The number of nitrogens with zero attached hydrogens (tertiary/aromatic N) is 1. The maximum atomic E-state index is 13.8. The lowest BCUT2D eigenvalue weighted by molar-refractivity contribution is -0.137. The summed E-state index contributed by atoms with van der Waals surface area (Å²) in [6.07, 6.45) is 2.78. The standard InChI is InChI=1S/C27H50BN3O6/c1-19(32)29-27(21(33)30-23(2,3)4,20-14-17-31(18-20)22(34)35-24(5,6)7)15-12-13-16-28-36-25(8,9)26(10,11)37-28/h20H,12-18H2,1-11H3,(H,29,32)(H,30,33)/t20-,27?/m1/s1. The lowest BCUT2D eigenvalue weighted by Crippen LogP contribution is -2.65. The van der Waals surface area contributed by atoms with Gasteiger partial charge in [-0.05, 0) is 88.4 Å². The molecule has 2 aliphatic heterocycles. The molecule has 212 valence electrons. The zero-order valence-corrected chi connectivity index (χ0v) is 25.0. The van der Waals surface area contributed by atoms with Crippen LogP contribution in [0.5, 0.6) is 0 Å². The number of amides is 3. The van der Waals surface area contributed by atoms with E-state index in [9.17, 15) is 14.4 Å². The zero-order valence-electron chi connectivity index (χ0n) is 25.0. The first kappa shape index (κ1) is 31.4. The first-order valence-electron chi connectivity index (χ1n) is 13.6. The maximum Gasteiger partial charge on any atom is 0.457 e. The van der Waals surface area contributed by atoms with Gasteiger partial charge >= 0.3 is 13.2 Å². The molecule has 2 aliphatic rings. The normalized spacial score (nSPS) is 22.9. The lowest BCUT2D eigenvalue weighted by atomic mass is 9.75. The third-order valence-electron chi connectivity index (χ3n) is 7.39. The number of likely N-dealkylation sites (tertiary alicyclic amines) is 1. The SMILES string of the molecule is CC(=O)NC(CCCCB1OC(C)(C)C(C)(C)O1)(C(=O)NC(C)(C)C)[C@@H]1CCN(C(=O)OC(C)(C)C)C1. The number of carbonyl (C=O) groups excluding carboxylic acids is 3. The Kier molecular flexibility index (Phi) is 9.45. The Labute approximate surface area is 224 Å². The van der Waals surface area contributed by atoms with E-state index in [2.05, 4.69) is 10.6 Å². The summed E-state index contributed by atoms with van der Waals surface area (Å²) in [4.78, 5) is 40.7. The molecule has 37 heavy (non-hydrogen) atoms. The molecule has 0 radical (unpaired) electrons. The van der Waals surface area contributed by atoms with Crippen molar-refractivity contribution in [3.8, 4) is 0 Å². The van der Waals surface area contributed by atoms with Gasteiger partial charge in [-0.15, -0.1) is 0 Å². The van der Waals surface area contributed by atoms with Crippen molar-refractivity contribution in [2.24, 2.45) is 5.92 Å². The van der Waals surface area contributed by atoms with Crippen LogP contribution in [0.25, 0.3) is 0 Å². The van der Waals surface area contributed by atoms with Gasteiger partial charge in [-0.1, -0.05) is 12.8 Å². The highest BCUT2D eigenvalue weighted by Gasteiger charge is 2.52. The van der Waals surface area contributed by atoms with Crippen molar-refractivity contribution in [3.05, 3.63) is 0 Å². The second-order valence-electron chi connectivity index (χ2n) is 13.7. The Morgan fingerprint density at radius 3 is 2.03 bits per heavy atom. The zero-order chi connectivity index (χ0) is 28.4. The van der Waals surface area contributed by atoms with E-state index in [4.69, 9.17) is 14.0 Å². The molecule has 0 aromatic carbocycles. The first-order chi connectivity index (χ1) is 16.7. The van der Waals surface area contributed by atoms with Crippen molar-refractivity contribution >= 4 is 25.0 Å². The minimum Gasteiger partial charge on any atom is -0.444 e. The summed E-state index contributed by atoms with van der Waals surface area (Å²) in [5.41, 5.74) is -3.02. The Morgan fingerprint density at radius 2 is 1.54 bits per heavy atom. The molecule has 0 spiro atoms. The topological polar surface area (TPSA) is 106 Å². The third kappa shape index (κ3) is 8.34. The van der Waals surface area contributed by atoms with Crippen LogP contribution in [-0.2, 0) is 23.6 Å². The van der Waals surface area contributed by atoms with E-state index in [-0.39, 0.29) is 36.1 Å². The van der Waals surface area contributed by atoms with Crippen LogP contribution < -0.4 is 10.6 Å². The summed E-state index contributed by atoms with van der Waals surface area (Å²) < 4.78 is 17.8. The number of nitrogens with one attached hydrogen (secondary N) is 2. The van der Waals surface area contributed by atoms with Crippen LogP contribution >= 0.6 is 0 Å². The molecule has 3 amide bonds. The number of hydrogen-bond donors (Lipinski definition) is 2. The minimum absolute atomic E-state index is 0.220. The number of ether oxygens (including phenoxy) is 1. The molecule has 0 aliphatic carbocycles. The molecule has 10 heteroatoms. The summed E-state index contributed by atoms with van der Waals surface area (Å²) in [5, 5.41) is 6.12. The number of hydrogen-bond acceptors (Lipinski definition) is 6. The lowest BCUT2D eigenvalue weighted by Gasteiger charge is -2.40. The second-order valence-corrected chi connectivity index (χ2v) is 13.7. The average molecular weight is 524 g/mol. The molecule has 9 nitrogen and oxygen atoms in total. The van der Waals surface area contributed by atoms with Crippen molar-refractivity contribution < 1.29 is 28.4 Å². The van der Waals surface area contributed by atoms with E-state index in [1.165, 1.54) is 6.92 Å². The Hall–Kier alpha value is -1.81. The van der Waals surface area contributed by atoms with E-state index in [1.807, 2.05) is 69.2 Å². The largest absolute Gasteiger partial charge is 0.457 e. The second kappa shape index (κ2) is 11.1. The van der Waals surface area contributed by atoms with Crippen LogP contribution in [0.4, 0.5) is 4.79 Å². The maximum absolute atomic E-state index is 13.8. The third-order valence-corrected chi connectivity index (χ3v) is 7.39. The molecule has 2 rings (SSSR count). The van der Waals surface area contributed by atoms with Gasteiger partial charge in [0.2, 0.25) is 11.8 Å². The summed E-state index contributed by atoms with van der Waals surface area (Å²) in [6, 6.07) is 0. The molecular formula is C27H50BN3O6. The van der Waals surface area contributed by atoms with Gasteiger partial charge in [0.05, 0.1) is 11.2 Å². The van der Waals surface area contributed by atoms with Gasteiger partial charge in [-0.25, -0.2) is 4.79 Å². The van der Waals surface area contributed by atoms with Crippen LogP contribution in [0.1, 0.15) is 102 Å². The van der Waals surface area contributed by atoms with Gasteiger partial charge in [-0.2, -0.15) is 0 Å². The van der Waals surface area contributed by atoms with Crippen LogP contribution in [0.3, 0.4) is 0 Å². The Morgan fingerprint density at radius 1 is 0.973 bits per heavy atom. The van der Waals surface area contributed by atoms with E-state index in [0.717, 1.165) is 6.42 Å². The van der Waals surface area contributed by atoms with Crippen molar-refractivity contribution in [1.29, 1.82) is 0 Å². The molecule has 0 aromatic rings. The van der Waals surface area contributed by atoms with Gasteiger partial charge < -0.3 is 29.6 Å². The van der Waals surface area contributed by atoms with Crippen molar-refractivity contribution in [1.82, 2.24) is 15.5 Å². The van der Waals surface area contributed by atoms with Gasteiger partial charge in [0.15, 0.2) is 0 Å². The van der Waals surface area contributed by atoms with Crippen LogP contribution in [0, 0.1) is 5.92 Å². The van der Waals surface area contributed by atoms with Gasteiger partial charge in [-0.3, -0.25) is 9.59 Å². The average Bonchev–Trinajstić information content (AvgIpc) is 3.24. The fourth-order valence-corrected chi connectivity index (χ4v) is 4.94. The van der Waals surface area contributed by atoms with Crippen molar-refractivity contribution in [2.45, 2.75) is 136 Å². The minimum atomic E-state index is -1.15. The quantitative estimate of drug-likeness (QED) is 0.363. The molecule has 2 heterocycles. The predicted molar refractivity (Wildman–Crippen MR) is 145 cm³/mol. The molecule has 0 aromatic heterocycles.